The largest absolute Gasteiger partial charge is 0.248 e. The zero-order valence-corrected chi connectivity index (χ0v) is 12.6. The van der Waals surface area contributed by atoms with Gasteiger partial charge >= 0.3 is 0 Å². The lowest BCUT2D eigenvalue weighted by Gasteiger charge is -2.06. The Balaban J connectivity index is 1.88. The number of hydrogen-bond donors (Lipinski definition) is 0. The van der Waals surface area contributed by atoms with E-state index in [9.17, 15) is 0 Å². The van der Waals surface area contributed by atoms with Crippen molar-refractivity contribution in [3.8, 4) is 0 Å². The second-order valence-electron chi connectivity index (χ2n) is 4.69. The molecule has 1 aliphatic rings. The van der Waals surface area contributed by atoms with Crippen molar-refractivity contribution in [2.45, 2.75) is 36.1 Å². The summed E-state index contributed by atoms with van der Waals surface area (Å²) in [5.41, 5.74) is 4.22. The quantitative estimate of drug-likeness (QED) is 0.789. The standard InChI is InChI=1S/C15H14BrNS/c1-10-7-14(16)15(17-9-10)18-13-6-5-11-3-2-4-12(11)8-13/h5-9H,2-4H2,1H3. The van der Waals surface area contributed by atoms with Gasteiger partial charge in [-0.3, -0.25) is 0 Å². The Labute approximate surface area is 120 Å². The minimum atomic E-state index is 1.04. The van der Waals surface area contributed by atoms with Crippen molar-refractivity contribution in [1.29, 1.82) is 0 Å². The van der Waals surface area contributed by atoms with Gasteiger partial charge in [-0.15, -0.1) is 0 Å². The van der Waals surface area contributed by atoms with Gasteiger partial charge < -0.3 is 0 Å². The van der Waals surface area contributed by atoms with E-state index in [0.29, 0.717) is 0 Å². The minimum Gasteiger partial charge on any atom is -0.248 e. The van der Waals surface area contributed by atoms with E-state index in [4.69, 9.17) is 0 Å². The molecule has 3 heteroatoms. The van der Waals surface area contributed by atoms with Gasteiger partial charge in [0.25, 0.3) is 0 Å². The molecule has 2 aromatic rings. The molecule has 0 fully saturated rings. The summed E-state index contributed by atoms with van der Waals surface area (Å²) in [4.78, 5) is 5.77. The Hall–Kier alpha value is -0.800. The molecule has 0 spiro atoms. The summed E-state index contributed by atoms with van der Waals surface area (Å²) < 4.78 is 1.08. The smallest absolute Gasteiger partial charge is 0.115 e. The van der Waals surface area contributed by atoms with Crippen LogP contribution < -0.4 is 0 Å². The van der Waals surface area contributed by atoms with Crippen LogP contribution in [0.5, 0.6) is 0 Å². The molecule has 1 heterocycles. The van der Waals surface area contributed by atoms with Gasteiger partial charge in [0.2, 0.25) is 0 Å². The summed E-state index contributed by atoms with van der Waals surface area (Å²) in [5.74, 6) is 0. The van der Waals surface area contributed by atoms with E-state index in [1.807, 2.05) is 6.20 Å². The number of rotatable bonds is 2. The van der Waals surface area contributed by atoms with Gasteiger partial charge in [0.15, 0.2) is 0 Å². The molecule has 0 unspecified atom stereocenters. The first-order valence-electron chi connectivity index (χ1n) is 6.14. The van der Waals surface area contributed by atoms with Crippen molar-refractivity contribution in [3.05, 3.63) is 51.6 Å². The van der Waals surface area contributed by atoms with Crippen LogP contribution in [0.25, 0.3) is 0 Å². The number of hydrogen-bond acceptors (Lipinski definition) is 2. The molecule has 18 heavy (non-hydrogen) atoms. The Bertz CT molecular complexity index is 595. The summed E-state index contributed by atoms with van der Waals surface area (Å²) in [5, 5.41) is 1.04. The number of aromatic nitrogens is 1. The molecule has 1 aromatic heterocycles. The first-order valence-corrected chi connectivity index (χ1v) is 7.75. The van der Waals surface area contributed by atoms with E-state index in [1.54, 1.807) is 11.8 Å². The van der Waals surface area contributed by atoms with Crippen LogP contribution in [0.15, 0.2) is 44.9 Å². The van der Waals surface area contributed by atoms with Crippen LogP contribution in [0.4, 0.5) is 0 Å². The van der Waals surface area contributed by atoms with Gasteiger partial charge in [-0.2, -0.15) is 0 Å². The molecule has 0 saturated heterocycles. The maximum absolute atomic E-state index is 4.48. The highest BCUT2D eigenvalue weighted by atomic mass is 79.9. The van der Waals surface area contributed by atoms with E-state index in [1.165, 1.54) is 40.8 Å². The van der Waals surface area contributed by atoms with Gasteiger partial charge in [-0.1, -0.05) is 17.8 Å². The topological polar surface area (TPSA) is 12.9 Å². The highest BCUT2D eigenvalue weighted by Crippen LogP contribution is 2.34. The van der Waals surface area contributed by atoms with Crippen molar-refractivity contribution >= 4 is 27.7 Å². The van der Waals surface area contributed by atoms with Gasteiger partial charge in [-0.05, 0) is 77.0 Å². The lowest BCUT2D eigenvalue weighted by Crippen LogP contribution is -1.86. The van der Waals surface area contributed by atoms with Crippen LogP contribution in [0.3, 0.4) is 0 Å². The third kappa shape index (κ3) is 2.47. The summed E-state index contributed by atoms with van der Waals surface area (Å²) >= 11 is 5.31. The van der Waals surface area contributed by atoms with E-state index in [-0.39, 0.29) is 0 Å². The second kappa shape index (κ2) is 5.06. The van der Waals surface area contributed by atoms with E-state index >= 15 is 0 Å². The average Bonchev–Trinajstić information content (AvgIpc) is 2.80. The maximum atomic E-state index is 4.48. The van der Waals surface area contributed by atoms with Crippen LogP contribution in [0.2, 0.25) is 0 Å². The van der Waals surface area contributed by atoms with Crippen molar-refractivity contribution in [2.75, 3.05) is 0 Å². The fourth-order valence-corrected chi connectivity index (χ4v) is 3.85. The molecule has 0 saturated carbocycles. The van der Waals surface area contributed by atoms with Crippen molar-refractivity contribution in [3.63, 3.8) is 0 Å². The third-order valence-corrected chi connectivity index (χ3v) is 5.10. The van der Waals surface area contributed by atoms with Crippen molar-refractivity contribution in [2.24, 2.45) is 0 Å². The van der Waals surface area contributed by atoms with Crippen LogP contribution in [0.1, 0.15) is 23.1 Å². The number of halogens is 1. The molecule has 92 valence electrons. The highest BCUT2D eigenvalue weighted by molar-refractivity contribution is 9.10. The zero-order valence-electron chi connectivity index (χ0n) is 10.2. The average molecular weight is 320 g/mol. The first kappa shape index (κ1) is 12.2. The normalized spacial score (nSPS) is 13.7. The van der Waals surface area contributed by atoms with Crippen LogP contribution in [0, 0.1) is 6.92 Å². The van der Waals surface area contributed by atoms with Crippen LogP contribution >= 0.6 is 27.7 Å². The molecule has 0 radical (unpaired) electrons. The number of fused-ring (bicyclic) bond motifs is 1. The molecule has 0 atom stereocenters. The predicted octanol–water partition coefficient (Wildman–Crippen LogP) is 4.79. The van der Waals surface area contributed by atoms with Gasteiger partial charge in [0, 0.05) is 11.1 Å². The molecule has 1 aromatic carbocycles. The van der Waals surface area contributed by atoms with Gasteiger partial charge in [0.05, 0.1) is 4.47 Å². The molecule has 1 aliphatic carbocycles. The summed E-state index contributed by atoms with van der Waals surface area (Å²) in [6.45, 7) is 2.06. The molecular formula is C15H14BrNS. The van der Waals surface area contributed by atoms with Gasteiger partial charge in [-0.25, -0.2) is 4.98 Å². The fourth-order valence-electron chi connectivity index (χ4n) is 2.32. The first-order chi connectivity index (χ1) is 8.72. The fraction of sp³-hybridized carbons (Fsp3) is 0.267. The Morgan fingerprint density at radius 2 is 2.00 bits per heavy atom. The van der Waals surface area contributed by atoms with Crippen molar-refractivity contribution in [1.82, 2.24) is 4.98 Å². The van der Waals surface area contributed by atoms with E-state index in [0.717, 1.165) is 9.50 Å². The maximum Gasteiger partial charge on any atom is 0.115 e. The van der Waals surface area contributed by atoms with Crippen LogP contribution in [-0.4, -0.2) is 4.98 Å². The zero-order chi connectivity index (χ0) is 12.5. The second-order valence-corrected chi connectivity index (χ2v) is 6.60. The molecule has 1 nitrogen and oxygen atoms in total. The molecule has 0 amide bonds. The summed E-state index contributed by atoms with van der Waals surface area (Å²) in [7, 11) is 0. The van der Waals surface area contributed by atoms with E-state index < -0.39 is 0 Å². The Morgan fingerprint density at radius 3 is 2.83 bits per heavy atom. The number of nitrogens with zero attached hydrogens (tertiary/aromatic N) is 1. The molecule has 0 bridgehead atoms. The molecular weight excluding hydrogens is 306 g/mol. The summed E-state index contributed by atoms with van der Waals surface area (Å²) in [6, 6.07) is 8.92. The molecule has 0 N–H and O–H groups in total. The predicted molar refractivity (Wildman–Crippen MR) is 79.3 cm³/mol. The Morgan fingerprint density at radius 1 is 1.17 bits per heavy atom. The number of benzene rings is 1. The Kier molecular flexibility index (Phi) is 3.44. The number of pyridine rings is 1. The monoisotopic (exact) mass is 319 g/mol. The minimum absolute atomic E-state index is 1.04. The van der Waals surface area contributed by atoms with Crippen molar-refractivity contribution < 1.29 is 0 Å². The SMILES string of the molecule is Cc1cnc(Sc2ccc3c(c2)CCC3)c(Br)c1. The van der Waals surface area contributed by atoms with Crippen LogP contribution in [-0.2, 0) is 12.8 Å². The molecule has 0 aliphatic heterocycles. The lowest BCUT2D eigenvalue weighted by atomic mass is 10.1. The molecule has 3 rings (SSSR count). The van der Waals surface area contributed by atoms with E-state index in [2.05, 4.69) is 52.1 Å². The summed E-state index contributed by atoms with van der Waals surface area (Å²) in [6.07, 6.45) is 5.69. The lowest BCUT2D eigenvalue weighted by molar-refractivity contribution is 0.911. The van der Waals surface area contributed by atoms with Gasteiger partial charge in [0.1, 0.15) is 5.03 Å². The third-order valence-electron chi connectivity index (χ3n) is 3.23. The number of aryl methyl sites for hydroxylation is 3. The highest BCUT2D eigenvalue weighted by Gasteiger charge is 2.12.